The molecule has 1 unspecified atom stereocenters. The number of nitro groups is 1. The monoisotopic (exact) mass is 648 g/mol. The number of thioether (sulfide) groups is 1. The number of aryl methyl sites for hydroxylation is 2. The minimum Gasteiger partial charge on any atom is -0.505 e. The molecular weight excluding hydrogens is 625 g/mol. The zero-order valence-corrected chi connectivity index (χ0v) is 26.1. The van der Waals surface area contributed by atoms with Crippen molar-refractivity contribution in [3.05, 3.63) is 129 Å². The molecule has 1 aliphatic rings. The highest BCUT2D eigenvalue weighted by atomic mass is 32.2. The zero-order valence-electron chi connectivity index (χ0n) is 24.4. The maximum Gasteiger partial charge on any atom is 0.301 e. The summed E-state index contributed by atoms with van der Waals surface area (Å²) in [7, 11) is 0. The lowest BCUT2D eigenvalue weighted by molar-refractivity contribution is -0.384. The summed E-state index contributed by atoms with van der Waals surface area (Å²) in [6, 6.07) is 22.3. The van der Waals surface area contributed by atoms with Crippen LogP contribution in [0.2, 0.25) is 0 Å². The summed E-state index contributed by atoms with van der Waals surface area (Å²) in [5.41, 5.74) is 3.33. The number of ketones is 1. The molecular formula is C33H24N6O5S2. The van der Waals surface area contributed by atoms with E-state index < -0.39 is 28.4 Å². The number of anilines is 1. The average molecular weight is 649 g/mol. The SMILES string of the molecule is Cc1cccn2c(C)c(/C(O)=C3\C(=O)C(=O)N(c4nnc(SCc5cccc6ccccc56)s4)C3c3ccc([N+](=O)[O-])cc3)nc12. The van der Waals surface area contributed by atoms with E-state index in [2.05, 4.69) is 33.4 Å². The fourth-order valence-electron chi connectivity index (χ4n) is 5.71. The van der Waals surface area contributed by atoms with E-state index in [1.807, 2.05) is 43.3 Å². The lowest BCUT2D eigenvalue weighted by atomic mass is 9.96. The molecule has 228 valence electrons. The number of Topliss-reactive ketones (excluding diaryl/α,β-unsaturated/α-hetero) is 1. The number of aliphatic hydroxyl groups excluding tert-OH is 1. The van der Waals surface area contributed by atoms with E-state index in [-0.39, 0.29) is 22.1 Å². The molecule has 1 saturated heterocycles. The molecule has 7 rings (SSSR count). The molecule has 6 aromatic rings. The molecule has 1 atom stereocenters. The Morgan fingerprint density at radius 3 is 2.52 bits per heavy atom. The lowest BCUT2D eigenvalue weighted by Gasteiger charge is -2.22. The number of fused-ring (bicyclic) bond motifs is 2. The zero-order chi connectivity index (χ0) is 32.1. The van der Waals surface area contributed by atoms with Gasteiger partial charge in [0.2, 0.25) is 5.13 Å². The van der Waals surface area contributed by atoms with Crippen molar-refractivity contribution in [2.75, 3.05) is 4.90 Å². The Morgan fingerprint density at radius 1 is 1.00 bits per heavy atom. The summed E-state index contributed by atoms with van der Waals surface area (Å²) < 4.78 is 2.38. The second kappa shape index (κ2) is 11.5. The third-order valence-corrected chi connectivity index (χ3v) is 10.1. The molecule has 0 bridgehead atoms. The largest absolute Gasteiger partial charge is 0.505 e. The Kier molecular flexibility index (Phi) is 7.34. The molecule has 13 heteroatoms. The number of aliphatic hydroxyl groups is 1. The van der Waals surface area contributed by atoms with Gasteiger partial charge in [0.1, 0.15) is 11.3 Å². The second-order valence-electron chi connectivity index (χ2n) is 10.7. The van der Waals surface area contributed by atoms with E-state index in [9.17, 15) is 24.8 Å². The van der Waals surface area contributed by atoms with Crippen LogP contribution in [-0.4, -0.2) is 41.3 Å². The smallest absolute Gasteiger partial charge is 0.301 e. The molecule has 1 N–H and O–H groups in total. The average Bonchev–Trinajstić information content (AvgIpc) is 3.74. The molecule has 0 radical (unpaired) electrons. The first-order valence-corrected chi connectivity index (χ1v) is 16.0. The third kappa shape index (κ3) is 4.89. The number of rotatable bonds is 7. The first-order valence-electron chi connectivity index (χ1n) is 14.2. The molecule has 4 heterocycles. The molecule has 0 spiro atoms. The Hall–Kier alpha value is -5.40. The molecule has 1 fully saturated rings. The number of hydrogen-bond acceptors (Lipinski definition) is 10. The van der Waals surface area contributed by atoms with Crippen molar-refractivity contribution in [3.63, 3.8) is 0 Å². The molecule has 46 heavy (non-hydrogen) atoms. The van der Waals surface area contributed by atoms with Crippen molar-refractivity contribution >= 4 is 67.8 Å². The molecule has 1 aliphatic heterocycles. The Morgan fingerprint density at radius 2 is 1.76 bits per heavy atom. The van der Waals surface area contributed by atoms with E-state index in [1.165, 1.54) is 40.9 Å². The summed E-state index contributed by atoms with van der Waals surface area (Å²) in [4.78, 5) is 44.0. The third-order valence-electron chi connectivity index (χ3n) is 8.01. The second-order valence-corrected chi connectivity index (χ2v) is 12.9. The van der Waals surface area contributed by atoms with Crippen molar-refractivity contribution in [3.8, 4) is 0 Å². The Labute approximate surface area is 270 Å². The van der Waals surface area contributed by atoms with Crippen LogP contribution < -0.4 is 4.90 Å². The quantitative estimate of drug-likeness (QED) is 0.0377. The maximum atomic E-state index is 13.7. The number of benzene rings is 3. The van der Waals surface area contributed by atoms with Crippen LogP contribution in [0.3, 0.4) is 0 Å². The maximum absolute atomic E-state index is 13.7. The number of non-ortho nitro benzene ring substituents is 1. The van der Waals surface area contributed by atoms with Crippen LogP contribution in [0.15, 0.2) is 95.0 Å². The standard InChI is InChI=1S/C33H24N6O5S2/c1-18-7-6-16-37-19(2)26(34-30(18)37)28(40)25-27(21-12-14-23(15-13-21)39(43)44)38(31(42)29(25)41)32-35-36-33(46-32)45-17-22-10-5-9-20-8-3-4-11-24(20)22/h3-16,27,40H,17H2,1-2H3/b28-25+. The highest BCUT2D eigenvalue weighted by Gasteiger charge is 2.49. The molecule has 3 aromatic carbocycles. The van der Waals surface area contributed by atoms with Crippen molar-refractivity contribution in [1.82, 2.24) is 19.6 Å². The first-order chi connectivity index (χ1) is 22.2. The highest BCUT2D eigenvalue weighted by Crippen LogP contribution is 2.44. The number of pyridine rings is 1. The van der Waals surface area contributed by atoms with Crippen LogP contribution >= 0.6 is 23.1 Å². The summed E-state index contributed by atoms with van der Waals surface area (Å²) >= 11 is 2.60. The summed E-state index contributed by atoms with van der Waals surface area (Å²) in [5.74, 6) is -1.66. The van der Waals surface area contributed by atoms with Gasteiger partial charge >= 0.3 is 5.91 Å². The van der Waals surface area contributed by atoms with E-state index in [1.54, 1.807) is 17.5 Å². The van der Waals surface area contributed by atoms with Crippen molar-refractivity contribution in [1.29, 1.82) is 0 Å². The van der Waals surface area contributed by atoms with Gasteiger partial charge in [-0.15, -0.1) is 10.2 Å². The van der Waals surface area contributed by atoms with Gasteiger partial charge in [-0.2, -0.15) is 0 Å². The normalized spacial score (nSPS) is 16.1. The first kappa shape index (κ1) is 29.3. The van der Waals surface area contributed by atoms with Gasteiger partial charge in [-0.05, 0) is 59.5 Å². The number of imidazole rings is 1. The van der Waals surface area contributed by atoms with Crippen molar-refractivity contribution in [2.45, 2.75) is 30.0 Å². The number of nitrogens with zero attached hydrogens (tertiary/aromatic N) is 6. The minimum atomic E-state index is -1.13. The Bertz CT molecular complexity index is 2240. The molecule has 0 saturated carbocycles. The number of aromatic nitrogens is 4. The number of amides is 1. The fraction of sp³-hybridized carbons (Fsp3) is 0.121. The highest BCUT2D eigenvalue weighted by molar-refractivity contribution is 8.00. The summed E-state index contributed by atoms with van der Waals surface area (Å²) in [5, 5.41) is 34.1. The van der Waals surface area contributed by atoms with Crippen molar-refractivity contribution in [2.24, 2.45) is 0 Å². The molecule has 11 nitrogen and oxygen atoms in total. The number of carbonyl (C=O) groups is 2. The van der Waals surface area contributed by atoms with Gasteiger partial charge in [-0.25, -0.2) is 4.98 Å². The summed E-state index contributed by atoms with van der Waals surface area (Å²) in [6.07, 6.45) is 1.80. The minimum absolute atomic E-state index is 0.155. The van der Waals surface area contributed by atoms with Gasteiger partial charge in [0, 0.05) is 24.1 Å². The van der Waals surface area contributed by atoms with Crippen LogP contribution in [0.25, 0.3) is 22.2 Å². The van der Waals surface area contributed by atoms with E-state index in [0.717, 1.165) is 33.2 Å². The van der Waals surface area contributed by atoms with Gasteiger partial charge < -0.3 is 9.51 Å². The van der Waals surface area contributed by atoms with Crippen LogP contribution in [0, 0.1) is 24.0 Å². The molecule has 3 aromatic heterocycles. The van der Waals surface area contributed by atoms with Gasteiger partial charge in [0.15, 0.2) is 10.1 Å². The fourth-order valence-corrected chi connectivity index (χ4v) is 7.59. The van der Waals surface area contributed by atoms with Gasteiger partial charge in [0.25, 0.3) is 11.5 Å². The van der Waals surface area contributed by atoms with E-state index in [4.69, 9.17) is 0 Å². The van der Waals surface area contributed by atoms with Crippen LogP contribution in [0.4, 0.5) is 10.8 Å². The van der Waals surface area contributed by atoms with E-state index in [0.29, 0.717) is 27.0 Å². The summed E-state index contributed by atoms with van der Waals surface area (Å²) in [6.45, 7) is 3.64. The lowest BCUT2D eigenvalue weighted by Crippen LogP contribution is -2.29. The van der Waals surface area contributed by atoms with Crippen molar-refractivity contribution < 1.29 is 19.6 Å². The number of carbonyl (C=O) groups excluding carboxylic acids is 2. The van der Waals surface area contributed by atoms with Gasteiger partial charge in [-0.3, -0.25) is 24.6 Å². The van der Waals surface area contributed by atoms with Crippen LogP contribution in [0.5, 0.6) is 0 Å². The topological polar surface area (TPSA) is 144 Å². The molecule has 1 amide bonds. The number of nitro benzene ring substituents is 1. The van der Waals surface area contributed by atoms with E-state index >= 15 is 0 Å². The van der Waals surface area contributed by atoms with Gasteiger partial charge in [0.05, 0.1) is 22.2 Å². The van der Waals surface area contributed by atoms with Gasteiger partial charge in [-0.1, -0.05) is 71.6 Å². The predicted octanol–water partition coefficient (Wildman–Crippen LogP) is 6.78. The van der Waals surface area contributed by atoms with Crippen LogP contribution in [-0.2, 0) is 15.3 Å². The Balaban J connectivity index is 1.30. The van der Waals surface area contributed by atoms with Crippen LogP contribution in [0.1, 0.15) is 34.1 Å². The predicted molar refractivity (Wildman–Crippen MR) is 176 cm³/mol. The molecule has 0 aliphatic carbocycles. The number of hydrogen-bond donors (Lipinski definition) is 1.